The van der Waals surface area contributed by atoms with Crippen LogP contribution in [0.4, 0.5) is 5.69 Å². The Balaban J connectivity index is 1.73. The molecule has 1 unspecified atom stereocenters. The second kappa shape index (κ2) is 4.96. The average Bonchev–Trinajstić information content (AvgIpc) is 3.12. The third kappa shape index (κ3) is 2.41. The van der Waals surface area contributed by atoms with Crippen molar-refractivity contribution in [1.29, 1.82) is 0 Å². The molecule has 1 aromatic rings. The van der Waals surface area contributed by atoms with Gasteiger partial charge < -0.3 is 5.32 Å². The van der Waals surface area contributed by atoms with Gasteiger partial charge in [-0.2, -0.15) is 0 Å². The topological polar surface area (TPSA) is 24.4 Å². The van der Waals surface area contributed by atoms with E-state index in [9.17, 15) is 0 Å². The van der Waals surface area contributed by atoms with Crippen LogP contribution in [0.5, 0.6) is 0 Å². The number of anilines is 1. The number of benzene rings is 1. The molecule has 0 radical (unpaired) electrons. The molecule has 0 aromatic heterocycles. The maximum absolute atomic E-state index is 4.66. The monoisotopic (exact) mass is 260 g/mol. The molecule has 0 amide bonds. The van der Waals surface area contributed by atoms with E-state index in [1.54, 1.807) is 0 Å². The van der Waals surface area contributed by atoms with Gasteiger partial charge >= 0.3 is 0 Å². The summed E-state index contributed by atoms with van der Waals surface area (Å²) >= 11 is 1.94. The molecule has 1 aliphatic heterocycles. The highest BCUT2D eigenvalue weighted by Crippen LogP contribution is 2.42. The van der Waals surface area contributed by atoms with Crippen molar-refractivity contribution in [3.05, 3.63) is 29.3 Å². The highest BCUT2D eigenvalue weighted by atomic mass is 32.2. The van der Waals surface area contributed by atoms with Gasteiger partial charge in [-0.05, 0) is 43.2 Å². The minimum atomic E-state index is 0.738. The van der Waals surface area contributed by atoms with Crippen LogP contribution >= 0.6 is 11.8 Å². The summed E-state index contributed by atoms with van der Waals surface area (Å²) in [7, 11) is 0. The molecular weight excluding hydrogens is 240 g/mol. The first-order valence-corrected chi connectivity index (χ1v) is 7.72. The number of hydrogen-bond donors (Lipinski definition) is 1. The van der Waals surface area contributed by atoms with Gasteiger partial charge in [0.2, 0.25) is 0 Å². The number of rotatable bonds is 3. The number of aryl methyl sites for hydroxylation is 2. The van der Waals surface area contributed by atoms with Crippen molar-refractivity contribution in [2.24, 2.45) is 10.9 Å². The van der Waals surface area contributed by atoms with Crippen LogP contribution in [0, 0.1) is 12.8 Å². The van der Waals surface area contributed by atoms with Gasteiger partial charge in [0.1, 0.15) is 0 Å². The van der Waals surface area contributed by atoms with E-state index in [1.165, 1.54) is 29.7 Å². The standard InChI is InChI=1S/C15H20N2S/c1-3-11-6-4-5-10(2)14(11)17-15-16-9-13(18-15)12-7-8-12/h4-6,12-13H,3,7-9H2,1-2H3,(H,16,17). The number of hydrogen-bond acceptors (Lipinski definition) is 3. The Bertz CT molecular complexity index is 477. The normalized spacial score (nSPS) is 23.0. The fourth-order valence-corrected chi connectivity index (χ4v) is 3.69. The summed E-state index contributed by atoms with van der Waals surface area (Å²) in [4.78, 5) is 4.66. The Morgan fingerprint density at radius 1 is 1.39 bits per heavy atom. The van der Waals surface area contributed by atoms with E-state index in [0.29, 0.717) is 0 Å². The van der Waals surface area contributed by atoms with Gasteiger partial charge in [0.15, 0.2) is 5.17 Å². The van der Waals surface area contributed by atoms with Crippen molar-refractivity contribution in [3.8, 4) is 0 Å². The van der Waals surface area contributed by atoms with Crippen molar-refractivity contribution >= 4 is 22.6 Å². The molecule has 3 heteroatoms. The highest BCUT2D eigenvalue weighted by molar-refractivity contribution is 8.15. The maximum atomic E-state index is 4.66. The number of nitrogens with one attached hydrogen (secondary N) is 1. The van der Waals surface area contributed by atoms with E-state index in [-0.39, 0.29) is 0 Å². The molecule has 1 N–H and O–H groups in total. The van der Waals surface area contributed by atoms with Crippen molar-refractivity contribution in [2.45, 2.75) is 38.4 Å². The van der Waals surface area contributed by atoms with Crippen molar-refractivity contribution in [2.75, 3.05) is 11.9 Å². The Morgan fingerprint density at radius 3 is 2.94 bits per heavy atom. The fourth-order valence-electron chi connectivity index (χ4n) is 2.48. The molecule has 0 bridgehead atoms. The van der Waals surface area contributed by atoms with Gasteiger partial charge in [0.25, 0.3) is 0 Å². The minimum Gasteiger partial charge on any atom is -0.335 e. The van der Waals surface area contributed by atoms with E-state index in [1.807, 2.05) is 11.8 Å². The van der Waals surface area contributed by atoms with Crippen molar-refractivity contribution < 1.29 is 0 Å². The predicted molar refractivity (Wildman–Crippen MR) is 80.6 cm³/mol. The lowest BCUT2D eigenvalue weighted by molar-refractivity contribution is 0.773. The van der Waals surface area contributed by atoms with Crippen LogP contribution in [-0.4, -0.2) is 17.0 Å². The lowest BCUT2D eigenvalue weighted by atomic mass is 10.1. The van der Waals surface area contributed by atoms with Gasteiger partial charge in [-0.3, -0.25) is 4.99 Å². The summed E-state index contributed by atoms with van der Waals surface area (Å²) in [6.45, 7) is 5.38. The zero-order chi connectivity index (χ0) is 12.5. The highest BCUT2D eigenvalue weighted by Gasteiger charge is 2.35. The van der Waals surface area contributed by atoms with Crippen LogP contribution in [0.15, 0.2) is 23.2 Å². The molecule has 18 heavy (non-hydrogen) atoms. The molecule has 1 aromatic carbocycles. The Morgan fingerprint density at radius 2 is 2.22 bits per heavy atom. The van der Waals surface area contributed by atoms with E-state index < -0.39 is 0 Å². The molecule has 96 valence electrons. The van der Waals surface area contributed by atoms with Gasteiger partial charge in [-0.1, -0.05) is 36.9 Å². The molecule has 3 rings (SSSR count). The Labute approximate surface area is 113 Å². The molecule has 2 nitrogen and oxygen atoms in total. The largest absolute Gasteiger partial charge is 0.335 e. The van der Waals surface area contributed by atoms with Crippen LogP contribution in [0.2, 0.25) is 0 Å². The predicted octanol–water partition coefficient (Wildman–Crippen LogP) is 3.85. The lowest BCUT2D eigenvalue weighted by Crippen LogP contribution is -2.11. The summed E-state index contributed by atoms with van der Waals surface area (Å²) in [6.07, 6.45) is 3.88. The minimum absolute atomic E-state index is 0.738. The third-order valence-electron chi connectivity index (χ3n) is 3.80. The second-order valence-electron chi connectivity index (χ2n) is 5.23. The zero-order valence-electron chi connectivity index (χ0n) is 11.1. The van der Waals surface area contributed by atoms with E-state index >= 15 is 0 Å². The molecule has 1 aliphatic carbocycles. The first-order chi connectivity index (χ1) is 8.78. The van der Waals surface area contributed by atoms with Crippen LogP contribution in [0.1, 0.15) is 30.9 Å². The number of para-hydroxylation sites is 1. The van der Waals surface area contributed by atoms with Crippen LogP contribution in [0.25, 0.3) is 0 Å². The van der Waals surface area contributed by atoms with Crippen LogP contribution < -0.4 is 5.32 Å². The summed E-state index contributed by atoms with van der Waals surface area (Å²) < 4.78 is 0. The summed E-state index contributed by atoms with van der Waals surface area (Å²) in [6, 6.07) is 6.50. The molecule has 1 saturated carbocycles. The van der Waals surface area contributed by atoms with Gasteiger partial charge in [0, 0.05) is 10.9 Å². The number of thioether (sulfide) groups is 1. The molecule has 0 saturated heterocycles. The van der Waals surface area contributed by atoms with E-state index in [4.69, 9.17) is 0 Å². The summed E-state index contributed by atoms with van der Waals surface area (Å²) in [5.41, 5.74) is 3.96. The van der Waals surface area contributed by atoms with Gasteiger partial charge in [-0.25, -0.2) is 0 Å². The fraction of sp³-hybridized carbons (Fsp3) is 0.533. The van der Waals surface area contributed by atoms with Crippen molar-refractivity contribution in [1.82, 2.24) is 0 Å². The summed E-state index contributed by atoms with van der Waals surface area (Å²) in [5.74, 6) is 0.931. The number of amidine groups is 1. The van der Waals surface area contributed by atoms with Gasteiger partial charge in [0.05, 0.1) is 6.54 Å². The molecule has 1 atom stereocenters. The zero-order valence-corrected chi connectivity index (χ0v) is 11.9. The third-order valence-corrected chi connectivity index (χ3v) is 5.09. The smallest absolute Gasteiger partial charge is 0.161 e. The van der Waals surface area contributed by atoms with Crippen molar-refractivity contribution in [3.63, 3.8) is 0 Å². The van der Waals surface area contributed by atoms with Gasteiger partial charge in [-0.15, -0.1) is 0 Å². The quantitative estimate of drug-likeness (QED) is 0.892. The Kier molecular flexibility index (Phi) is 3.33. The maximum Gasteiger partial charge on any atom is 0.161 e. The van der Waals surface area contributed by atoms with Crippen LogP contribution in [0.3, 0.4) is 0 Å². The molecule has 1 fully saturated rings. The SMILES string of the molecule is CCc1cccc(C)c1NC1=NCC(C2CC2)S1. The first kappa shape index (κ1) is 12.1. The van der Waals surface area contributed by atoms with Crippen LogP contribution in [-0.2, 0) is 6.42 Å². The molecule has 2 aliphatic rings. The number of aliphatic imine (C=N–C) groups is 1. The first-order valence-electron chi connectivity index (χ1n) is 6.84. The average molecular weight is 260 g/mol. The summed E-state index contributed by atoms with van der Waals surface area (Å²) in [5, 5.41) is 5.41. The Hall–Kier alpha value is -0.960. The molecule has 1 heterocycles. The molecule has 0 spiro atoms. The second-order valence-corrected chi connectivity index (χ2v) is 6.46. The number of nitrogens with zero attached hydrogens (tertiary/aromatic N) is 1. The molecular formula is C15H20N2S. The van der Waals surface area contributed by atoms with E-state index in [0.717, 1.165) is 29.3 Å². The van der Waals surface area contributed by atoms with E-state index in [2.05, 4.69) is 42.4 Å². The lowest BCUT2D eigenvalue weighted by Gasteiger charge is -2.14.